The van der Waals surface area contributed by atoms with Gasteiger partial charge in [0.15, 0.2) is 17.6 Å². The van der Waals surface area contributed by atoms with Gasteiger partial charge in [0.25, 0.3) is 0 Å². The first kappa shape index (κ1) is 14.2. The minimum Gasteiger partial charge on any atom is -0.486 e. The fraction of sp³-hybridized carbons (Fsp3) is 0.600. The molecule has 1 aromatic rings. The van der Waals surface area contributed by atoms with Crippen LogP contribution in [0.15, 0.2) is 24.3 Å². The molecule has 3 atom stereocenters. The first-order valence-electron chi connectivity index (χ1n) is 7.02. The van der Waals surface area contributed by atoms with Gasteiger partial charge in [-0.3, -0.25) is 0 Å². The quantitative estimate of drug-likeness (QED) is 0.772. The Bertz CT molecular complexity index is 397. The van der Waals surface area contributed by atoms with Crippen LogP contribution in [0.25, 0.3) is 0 Å². The van der Waals surface area contributed by atoms with Crippen LogP contribution in [0.1, 0.15) is 26.7 Å². The Labute approximate surface area is 114 Å². The van der Waals surface area contributed by atoms with Gasteiger partial charge in [0, 0.05) is 6.04 Å². The lowest BCUT2D eigenvalue weighted by Gasteiger charge is -2.32. The molecule has 0 bridgehead atoms. The summed E-state index contributed by atoms with van der Waals surface area (Å²) in [5.74, 6) is 1.45. The number of aliphatic hydroxyl groups is 1. The molecule has 0 radical (unpaired) electrons. The number of ether oxygens (including phenoxy) is 2. The predicted molar refractivity (Wildman–Crippen MR) is 74.7 cm³/mol. The van der Waals surface area contributed by atoms with Gasteiger partial charge in [0.05, 0.1) is 0 Å². The van der Waals surface area contributed by atoms with E-state index >= 15 is 0 Å². The number of nitrogens with one attached hydrogen (secondary N) is 1. The van der Waals surface area contributed by atoms with Crippen LogP contribution >= 0.6 is 0 Å². The number of hydrogen-bond donors (Lipinski definition) is 2. The average Bonchev–Trinajstić information content (AvgIpc) is 2.46. The molecule has 2 rings (SSSR count). The standard InChI is InChI=1S/C15H23NO3/c1-3-4-9-16-11(2)15(17)14-10-18-12-7-5-6-8-13(12)19-14/h5-8,11,14-17H,3-4,9-10H2,1-2H3/t11-,14-,15+/m1/s1. The minimum absolute atomic E-state index is 0.00888. The van der Waals surface area contributed by atoms with E-state index < -0.39 is 6.10 Å². The van der Waals surface area contributed by atoms with Gasteiger partial charge < -0.3 is 19.9 Å². The molecule has 0 unspecified atom stereocenters. The van der Waals surface area contributed by atoms with Gasteiger partial charge in [-0.15, -0.1) is 0 Å². The maximum atomic E-state index is 10.3. The molecule has 1 aliphatic rings. The summed E-state index contributed by atoms with van der Waals surface area (Å²) in [7, 11) is 0. The number of unbranched alkanes of at least 4 members (excludes halogenated alkanes) is 1. The van der Waals surface area contributed by atoms with Crippen LogP contribution in [0.5, 0.6) is 11.5 Å². The summed E-state index contributed by atoms with van der Waals surface area (Å²) in [5.41, 5.74) is 0. The van der Waals surface area contributed by atoms with Crippen molar-refractivity contribution in [3.63, 3.8) is 0 Å². The van der Waals surface area contributed by atoms with E-state index in [1.165, 1.54) is 0 Å². The average molecular weight is 265 g/mol. The lowest BCUT2D eigenvalue weighted by Crippen LogP contribution is -2.50. The third-order valence-corrected chi connectivity index (χ3v) is 3.42. The van der Waals surface area contributed by atoms with Gasteiger partial charge in [0.2, 0.25) is 0 Å². The smallest absolute Gasteiger partial charge is 0.161 e. The van der Waals surface area contributed by atoms with E-state index in [4.69, 9.17) is 9.47 Å². The zero-order valence-corrected chi connectivity index (χ0v) is 11.6. The second kappa shape index (κ2) is 6.78. The van der Waals surface area contributed by atoms with Crippen LogP contribution in [0.2, 0.25) is 0 Å². The number of rotatable bonds is 6. The second-order valence-electron chi connectivity index (χ2n) is 5.00. The fourth-order valence-corrected chi connectivity index (χ4v) is 2.15. The first-order chi connectivity index (χ1) is 9.22. The van der Waals surface area contributed by atoms with Gasteiger partial charge in [0.1, 0.15) is 12.7 Å². The van der Waals surface area contributed by atoms with Crippen LogP contribution in [0.3, 0.4) is 0 Å². The molecule has 4 nitrogen and oxygen atoms in total. The van der Waals surface area contributed by atoms with E-state index in [1.807, 2.05) is 31.2 Å². The van der Waals surface area contributed by atoms with E-state index in [9.17, 15) is 5.11 Å². The van der Waals surface area contributed by atoms with Crippen molar-refractivity contribution in [2.75, 3.05) is 13.2 Å². The van der Waals surface area contributed by atoms with Gasteiger partial charge in [-0.25, -0.2) is 0 Å². The monoisotopic (exact) mass is 265 g/mol. The first-order valence-corrected chi connectivity index (χ1v) is 7.02. The van der Waals surface area contributed by atoms with Gasteiger partial charge in [-0.1, -0.05) is 25.5 Å². The zero-order chi connectivity index (χ0) is 13.7. The van der Waals surface area contributed by atoms with Crippen molar-refractivity contribution in [1.29, 1.82) is 0 Å². The summed E-state index contributed by atoms with van der Waals surface area (Å²) in [6.07, 6.45) is 1.36. The highest BCUT2D eigenvalue weighted by Gasteiger charge is 2.30. The zero-order valence-electron chi connectivity index (χ0n) is 11.6. The molecule has 19 heavy (non-hydrogen) atoms. The number of fused-ring (bicyclic) bond motifs is 1. The van der Waals surface area contributed by atoms with Crippen molar-refractivity contribution in [2.45, 2.75) is 44.9 Å². The molecule has 0 aromatic heterocycles. The van der Waals surface area contributed by atoms with Crippen molar-refractivity contribution in [3.8, 4) is 11.5 Å². The van der Waals surface area contributed by atoms with Crippen molar-refractivity contribution >= 4 is 0 Å². The number of para-hydroxylation sites is 2. The Morgan fingerprint density at radius 2 is 2.11 bits per heavy atom. The summed E-state index contributed by atoms with van der Waals surface area (Å²) in [4.78, 5) is 0. The molecule has 1 aliphatic heterocycles. The molecule has 0 saturated heterocycles. The summed E-state index contributed by atoms with van der Waals surface area (Å²) in [6, 6.07) is 7.54. The molecule has 1 aromatic carbocycles. The van der Waals surface area contributed by atoms with E-state index in [0.29, 0.717) is 12.4 Å². The third-order valence-electron chi connectivity index (χ3n) is 3.42. The highest BCUT2D eigenvalue weighted by Crippen LogP contribution is 2.31. The second-order valence-corrected chi connectivity index (χ2v) is 5.00. The molecule has 1 heterocycles. The molecule has 0 aliphatic carbocycles. The molecule has 4 heteroatoms. The minimum atomic E-state index is -0.579. The Hall–Kier alpha value is -1.26. The molecule has 0 fully saturated rings. The Morgan fingerprint density at radius 1 is 1.37 bits per heavy atom. The molecule has 0 spiro atoms. The topological polar surface area (TPSA) is 50.7 Å². The molecule has 106 valence electrons. The Kier molecular flexibility index (Phi) is 5.05. The van der Waals surface area contributed by atoms with Crippen LogP contribution in [0, 0.1) is 0 Å². The maximum absolute atomic E-state index is 10.3. The van der Waals surface area contributed by atoms with Gasteiger partial charge >= 0.3 is 0 Å². The van der Waals surface area contributed by atoms with E-state index in [2.05, 4.69) is 12.2 Å². The highest BCUT2D eigenvalue weighted by atomic mass is 16.6. The van der Waals surface area contributed by atoms with Crippen LogP contribution in [-0.4, -0.2) is 36.5 Å². The molecule has 2 N–H and O–H groups in total. The van der Waals surface area contributed by atoms with E-state index in [1.54, 1.807) is 0 Å². The third kappa shape index (κ3) is 3.61. The molecule has 0 saturated carbocycles. The Morgan fingerprint density at radius 3 is 2.84 bits per heavy atom. The van der Waals surface area contributed by atoms with Crippen LogP contribution in [0.4, 0.5) is 0 Å². The lowest BCUT2D eigenvalue weighted by molar-refractivity contribution is -0.0246. The summed E-state index contributed by atoms with van der Waals surface area (Å²) in [5, 5.41) is 13.6. The molecular formula is C15H23NO3. The van der Waals surface area contributed by atoms with Gasteiger partial charge in [-0.05, 0) is 32.0 Å². The largest absolute Gasteiger partial charge is 0.486 e. The van der Waals surface area contributed by atoms with Crippen molar-refractivity contribution in [3.05, 3.63) is 24.3 Å². The summed E-state index contributed by atoms with van der Waals surface area (Å²) in [6.45, 7) is 5.43. The van der Waals surface area contributed by atoms with Crippen molar-refractivity contribution < 1.29 is 14.6 Å². The normalized spacial score (nSPS) is 20.9. The molecule has 0 amide bonds. The lowest BCUT2D eigenvalue weighted by atomic mass is 10.1. The SMILES string of the molecule is CCCCN[C@H](C)[C@H](O)[C@H]1COc2ccccc2O1. The summed E-state index contributed by atoms with van der Waals surface area (Å²) < 4.78 is 11.4. The van der Waals surface area contributed by atoms with Crippen LogP contribution in [-0.2, 0) is 0 Å². The van der Waals surface area contributed by atoms with Crippen molar-refractivity contribution in [1.82, 2.24) is 5.32 Å². The Balaban J connectivity index is 1.89. The summed E-state index contributed by atoms with van der Waals surface area (Å²) >= 11 is 0. The number of aliphatic hydroxyl groups excluding tert-OH is 1. The van der Waals surface area contributed by atoms with Crippen molar-refractivity contribution in [2.24, 2.45) is 0 Å². The van der Waals surface area contributed by atoms with E-state index in [-0.39, 0.29) is 12.1 Å². The number of hydrogen-bond acceptors (Lipinski definition) is 4. The number of benzene rings is 1. The molecular weight excluding hydrogens is 242 g/mol. The fourth-order valence-electron chi connectivity index (χ4n) is 2.15. The highest BCUT2D eigenvalue weighted by molar-refractivity contribution is 5.40. The maximum Gasteiger partial charge on any atom is 0.161 e. The van der Waals surface area contributed by atoms with E-state index in [0.717, 1.165) is 25.1 Å². The van der Waals surface area contributed by atoms with Crippen LogP contribution < -0.4 is 14.8 Å². The van der Waals surface area contributed by atoms with Gasteiger partial charge in [-0.2, -0.15) is 0 Å². The predicted octanol–water partition coefficient (Wildman–Crippen LogP) is 1.97.